The van der Waals surface area contributed by atoms with Crippen LogP contribution in [0, 0.1) is 5.92 Å². The van der Waals surface area contributed by atoms with Crippen molar-refractivity contribution in [2.24, 2.45) is 11.1 Å². The largest absolute Gasteiger partial charge is 0.411 e. The van der Waals surface area contributed by atoms with Crippen molar-refractivity contribution >= 4 is 5.71 Å². The van der Waals surface area contributed by atoms with E-state index in [0.29, 0.717) is 0 Å². The SMILES string of the molecule is CC(CC1CCCCC1)=NO. The van der Waals surface area contributed by atoms with E-state index in [9.17, 15) is 0 Å². The average molecular weight is 155 g/mol. The van der Waals surface area contributed by atoms with Crippen molar-refractivity contribution in [1.82, 2.24) is 0 Å². The summed E-state index contributed by atoms with van der Waals surface area (Å²) in [7, 11) is 0. The molecule has 0 aromatic heterocycles. The topological polar surface area (TPSA) is 32.6 Å². The Labute approximate surface area is 68.3 Å². The van der Waals surface area contributed by atoms with Crippen LogP contribution in [0.4, 0.5) is 0 Å². The fraction of sp³-hybridized carbons (Fsp3) is 0.889. The summed E-state index contributed by atoms with van der Waals surface area (Å²) in [6.45, 7) is 1.90. The van der Waals surface area contributed by atoms with Crippen LogP contribution in [-0.2, 0) is 0 Å². The summed E-state index contributed by atoms with van der Waals surface area (Å²) in [6.07, 6.45) is 7.77. The van der Waals surface area contributed by atoms with Crippen LogP contribution in [0.25, 0.3) is 0 Å². The molecule has 1 aliphatic rings. The van der Waals surface area contributed by atoms with Gasteiger partial charge in [-0.15, -0.1) is 0 Å². The molecule has 0 amide bonds. The highest BCUT2D eigenvalue weighted by molar-refractivity contribution is 5.81. The van der Waals surface area contributed by atoms with Crippen LogP contribution in [0.5, 0.6) is 0 Å². The first-order valence-corrected chi connectivity index (χ1v) is 4.50. The normalized spacial score (nSPS) is 22.1. The quantitative estimate of drug-likeness (QED) is 0.371. The Balaban J connectivity index is 2.24. The van der Waals surface area contributed by atoms with Crippen molar-refractivity contribution in [2.75, 3.05) is 0 Å². The van der Waals surface area contributed by atoms with Crippen LogP contribution in [0.2, 0.25) is 0 Å². The van der Waals surface area contributed by atoms with E-state index in [4.69, 9.17) is 5.21 Å². The van der Waals surface area contributed by atoms with Gasteiger partial charge in [-0.25, -0.2) is 0 Å². The third-order valence-electron chi connectivity index (χ3n) is 2.48. The summed E-state index contributed by atoms with van der Waals surface area (Å²) in [5, 5.41) is 11.7. The monoisotopic (exact) mass is 155 g/mol. The molecule has 0 aromatic carbocycles. The van der Waals surface area contributed by atoms with Gasteiger partial charge in [0.1, 0.15) is 0 Å². The van der Waals surface area contributed by atoms with Gasteiger partial charge in [-0.2, -0.15) is 0 Å². The summed E-state index contributed by atoms with van der Waals surface area (Å²) >= 11 is 0. The fourth-order valence-electron chi connectivity index (χ4n) is 1.85. The third kappa shape index (κ3) is 2.91. The van der Waals surface area contributed by atoms with Crippen molar-refractivity contribution in [3.63, 3.8) is 0 Å². The average Bonchev–Trinajstić information content (AvgIpc) is 2.06. The second-order valence-corrected chi connectivity index (χ2v) is 3.54. The highest BCUT2D eigenvalue weighted by Gasteiger charge is 2.13. The fourth-order valence-corrected chi connectivity index (χ4v) is 1.85. The van der Waals surface area contributed by atoms with E-state index in [1.165, 1.54) is 32.1 Å². The van der Waals surface area contributed by atoms with Gasteiger partial charge in [0.25, 0.3) is 0 Å². The molecule has 0 atom stereocenters. The zero-order valence-electron chi connectivity index (χ0n) is 7.21. The van der Waals surface area contributed by atoms with Gasteiger partial charge in [0, 0.05) is 0 Å². The Kier molecular flexibility index (Phi) is 3.40. The van der Waals surface area contributed by atoms with Crippen LogP contribution in [0.1, 0.15) is 45.4 Å². The standard InChI is InChI=1S/C9H17NO/c1-8(10-11)7-9-5-3-2-4-6-9/h9,11H,2-7H2,1H3. The smallest absolute Gasteiger partial charge is 0.0542 e. The molecule has 0 aliphatic heterocycles. The minimum atomic E-state index is 0.791. The van der Waals surface area contributed by atoms with E-state index in [0.717, 1.165) is 18.1 Å². The van der Waals surface area contributed by atoms with Gasteiger partial charge in [-0.05, 0) is 19.3 Å². The highest BCUT2D eigenvalue weighted by Crippen LogP contribution is 2.26. The second kappa shape index (κ2) is 4.37. The highest BCUT2D eigenvalue weighted by atomic mass is 16.4. The molecule has 2 heteroatoms. The van der Waals surface area contributed by atoms with E-state index in [2.05, 4.69) is 5.16 Å². The predicted molar refractivity (Wildman–Crippen MR) is 46.1 cm³/mol. The van der Waals surface area contributed by atoms with Crippen molar-refractivity contribution in [3.8, 4) is 0 Å². The summed E-state index contributed by atoms with van der Waals surface area (Å²) in [4.78, 5) is 0. The zero-order chi connectivity index (χ0) is 8.10. The van der Waals surface area contributed by atoms with E-state index < -0.39 is 0 Å². The first-order valence-electron chi connectivity index (χ1n) is 4.50. The van der Waals surface area contributed by atoms with Crippen molar-refractivity contribution in [3.05, 3.63) is 0 Å². The summed E-state index contributed by atoms with van der Waals surface area (Å²) < 4.78 is 0. The molecule has 0 unspecified atom stereocenters. The molecular weight excluding hydrogens is 138 g/mol. The van der Waals surface area contributed by atoms with Gasteiger partial charge < -0.3 is 5.21 Å². The summed E-state index contributed by atoms with van der Waals surface area (Å²) in [6, 6.07) is 0. The minimum absolute atomic E-state index is 0.791. The van der Waals surface area contributed by atoms with Crippen LogP contribution >= 0.6 is 0 Å². The van der Waals surface area contributed by atoms with Gasteiger partial charge in [0.15, 0.2) is 0 Å². The lowest BCUT2D eigenvalue weighted by Crippen LogP contribution is -2.09. The molecule has 0 bridgehead atoms. The molecule has 1 rings (SSSR count). The first kappa shape index (κ1) is 8.57. The number of rotatable bonds is 2. The Bertz CT molecular complexity index is 136. The van der Waals surface area contributed by atoms with Crippen molar-refractivity contribution in [2.45, 2.75) is 45.4 Å². The number of hydrogen-bond acceptors (Lipinski definition) is 2. The lowest BCUT2D eigenvalue weighted by Gasteiger charge is -2.20. The molecule has 1 N–H and O–H groups in total. The molecule has 64 valence electrons. The van der Waals surface area contributed by atoms with Gasteiger partial charge in [-0.3, -0.25) is 0 Å². The molecule has 0 aromatic rings. The molecular formula is C9H17NO. The van der Waals surface area contributed by atoms with Crippen LogP contribution < -0.4 is 0 Å². The Hall–Kier alpha value is -0.530. The lowest BCUT2D eigenvalue weighted by atomic mass is 9.86. The Morgan fingerprint density at radius 3 is 2.55 bits per heavy atom. The molecule has 0 spiro atoms. The molecule has 1 fully saturated rings. The zero-order valence-corrected chi connectivity index (χ0v) is 7.21. The number of oxime groups is 1. The maximum Gasteiger partial charge on any atom is 0.0542 e. The number of hydrogen-bond donors (Lipinski definition) is 1. The van der Waals surface area contributed by atoms with Crippen LogP contribution in [0.3, 0.4) is 0 Å². The molecule has 11 heavy (non-hydrogen) atoms. The number of nitrogens with zero attached hydrogens (tertiary/aromatic N) is 1. The maximum atomic E-state index is 8.45. The Morgan fingerprint density at radius 2 is 2.00 bits per heavy atom. The van der Waals surface area contributed by atoms with Gasteiger partial charge >= 0.3 is 0 Å². The Morgan fingerprint density at radius 1 is 1.36 bits per heavy atom. The lowest BCUT2D eigenvalue weighted by molar-refractivity contribution is 0.311. The van der Waals surface area contributed by atoms with E-state index >= 15 is 0 Å². The van der Waals surface area contributed by atoms with Crippen molar-refractivity contribution < 1.29 is 5.21 Å². The van der Waals surface area contributed by atoms with E-state index in [-0.39, 0.29) is 0 Å². The minimum Gasteiger partial charge on any atom is -0.411 e. The molecule has 1 saturated carbocycles. The van der Waals surface area contributed by atoms with Gasteiger partial charge in [-0.1, -0.05) is 37.3 Å². The first-order chi connectivity index (χ1) is 5.33. The van der Waals surface area contributed by atoms with Crippen molar-refractivity contribution in [1.29, 1.82) is 0 Å². The maximum absolute atomic E-state index is 8.45. The molecule has 0 radical (unpaired) electrons. The van der Waals surface area contributed by atoms with Crippen LogP contribution in [-0.4, -0.2) is 10.9 Å². The van der Waals surface area contributed by atoms with E-state index in [1.54, 1.807) is 0 Å². The van der Waals surface area contributed by atoms with Crippen LogP contribution in [0.15, 0.2) is 5.16 Å². The summed E-state index contributed by atoms with van der Waals surface area (Å²) in [5.41, 5.74) is 0.886. The summed E-state index contributed by atoms with van der Waals surface area (Å²) in [5.74, 6) is 0.791. The van der Waals surface area contributed by atoms with E-state index in [1.807, 2.05) is 6.92 Å². The predicted octanol–water partition coefficient (Wildman–Crippen LogP) is 2.81. The van der Waals surface area contributed by atoms with Gasteiger partial charge in [0.05, 0.1) is 5.71 Å². The third-order valence-corrected chi connectivity index (χ3v) is 2.48. The molecule has 1 aliphatic carbocycles. The van der Waals surface area contributed by atoms with Gasteiger partial charge in [0.2, 0.25) is 0 Å². The molecule has 0 saturated heterocycles. The molecule has 0 heterocycles. The second-order valence-electron chi connectivity index (χ2n) is 3.54. The molecule has 2 nitrogen and oxygen atoms in total.